The molecule has 0 aliphatic rings. The molecule has 1 N–H and O–H groups in total. The normalized spacial score (nSPS) is 10.6. The van der Waals surface area contributed by atoms with Crippen molar-refractivity contribution < 1.29 is 13.9 Å². The number of rotatable bonds is 5. The van der Waals surface area contributed by atoms with Crippen LogP contribution in [0.5, 0.6) is 5.75 Å². The highest BCUT2D eigenvalue weighted by Crippen LogP contribution is 2.20. The quantitative estimate of drug-likeness (QED) is 0.783. The third-order valence-electron chi connectivity index (χ3n) is 3.43. The van der Waals surface area contributed by atoms with E-state index in [0.717, 1.165) is 16.8 Å². The summed E-state index contributed by atoms with van der Waals surface area (Å²) in [4.78, 5) is 16.1. The highest BCUT2D eigenvalue weighted by molar-refractivity contribution is 5.92. The zero-order valence-electron chi connectivity index (χ0n) is 12.2. The first-order valence-electron chi connectivity index (χ1n) is 7.01. The molecule has 0 bridgehead atoms. The summed E-state index contributed by atoms with van der Waals surface area (Å²) >= 11 is 0. The Labute approximate surface area is 127 Å². The van der Waals surface area contributed by atoms with E-state index in [-0.39, 0.29) is 5.91 Å². The van der Waals surface area contributed by atoms with Crippen LogP contribution in [0.4, 0.5) is 5.69 Å². The Morgan fingerprint density at radius 1 is 1.27 bits per heavy atom. The Morgan fingerprint density at radius 3 is 3.00 bits per heavy atom. The van der Waals surface area contributed by atoms with Crippen molar-refractivity contribution in [2.45, 2.75) is 12.8 Å². The number of hydrogen-bond acceptors (Lipinski definition) is 4. The Morgan fingerprint density at radius 2 is 2.14 bits per heavy atom. The van der Waals surface area contributed by atoms with Gasteiger partial charge in [0.2, 0.25) is 5.91 Å². The van der Waals surface area contributed by atoms with E-state index in [1.165, 1.54) is 6.39 Å². The standard InChI is InChI=1S/C17H16N2O3/c1-21-15-5-3-2-4-12(15)6-9-17(20)19-13-7-8-16-14(10-13)18-11-22-16/h2-5,7-8,10-11H,6,9H2,1H3,(H,19,20). The molecule has 0 saturated heterocycles. The summed E-state index contributed by atoms with van der Waals surface area (Å²) in [5, 5.41) is 2.87. The summed E-state index contributed by atoms with van der Waals surface area (Å²) in [6.45, 7) is 0. The van der Waals surface area contributed by atoms with Gasteiger partial charge in [0.25, 0.3) is 0 Å². The molecule has 0 fully saturated rings. The van der Waals surface area contributed by atoms with Crippen LogP contribution in [0.15, 0.2) is 53.3 Å². The number of aromatic nitrogens is 1. The van der Waals surface area contributed by atoms with Gasteiger partial charge in [0.1, 0.15) is 11.3 Å². The van der Waals surface area contributed by atoms with Crippen molar-refractivity contribution in [3.8, 4) is 5.75 Å². The summed E-state index contributed by atoms with van der Waals surface area (Å²) in [5.41, 5.74) is 3.16. The van der Waals surface area contributed by atoms with E-state index < -0.39 is 0 Å². The van der Waals surface area contributed by atoms with E-state index in [1.54, 1.807) is 25.3 Å². The number of amides is 1. The molecule has 2 aromatic carbocycles. The average molecular weight is 296 g/mol. The van der Waals surface area contributed by atoms with Crippen LogP contribution < -0.4 is 10.1 Å². The van der Waals surface area contributed by atoms with Crippen LogP contribution in [0.2, 0.25) is 0 Å². The van der Waals surface area contributed by atoms with Gasteiger partial charge in [-0.2, -0.15) is 0 Å². The molecule has 1 aromatic heterocycles. The molecule has 0 aliphatic carbocycles. The number of aryl methyl sites for hydroxylation is 1. The molecule has 0 saturated carbocycles. The summed E-state index contributed by atoms with van der Waals surface area (Å²) in [6.07, 6.45) is 2.40. The number of hydrogen-bond donors (Lipinski definition) is 1. The van der Waals surface area contributed by atoms with E-state index >= 15 is 0 Å². The average Bonchev–Trinajstić information content (AvgIpc) is 3.01. The molecule has 5 heteroatoms. The predicted octanol–water partition coefficient (Wildman–Crippen LogP) is 3.41. The van der Waals surface area contributed by atoms with E-state index in [1.807, 2.05) is 24.3 Å². The molecule has 3 aromatic rings. The fourth-order valence-electron chi connectivity index (χ4n) is 2.32. The highest BCUT2D eigenvalue weighted by atomic mass is 16.5. The van der Waals surface area contributed by atoms with Crippen LogP contribution in [0.25, 0.3) is 11.1 Å². The van der Waals surface area contributed by atoms with E-state index in [4.69, 9.17) is 9.15 Å². The molecular formula is C17H16N2O3. The zero-order chi connectivity index (χ0) is 15.4. The first-order chi connectivity index (χ1) is 10.8. The van der Waals surface area contributed by atoms with Crippen LogP contribution in [0, 0.1) is 0 Å². The van der Waals surface area contributed by atoms with Gasteiger partial charge in [0, 0.05) is 12.1 Å². The van der Waals surface area contributed by atoms with Crippen LogP contribution in [0.1, 0.15) is 12.0 Å². The Balaban J connectivity index is 1.62. The van der Waals surface area contributed by atoms with E-state index in [2.05, 4.69) is 10.3 Å². The predicted molar refractivity (Wildman–Crippen MR) is 84.0 cm³/mol. The van der Waals surface area contributed by atoms with Crippen LogP contribution in [-0.4, -0.2) is 18.0 Å². The maximum absolute atomic E-state index is 12.1. The fourth-order valence-corrected chi connectivity index (χ4v) is 2.32. The summed E-state index contributed by atoms with van der Waals surface area (Å²) < 4.78 is 10.5. The number of anilines is 1. The van der Waals surface area contributed by atoms with Gasteiger partial charge in [-0.1, -0.05) is 18.2 Å². The number of ether oxygens (including phenoxy) is 1. The zero-order valence-corrected chi connectivity index (χ0v) is 12.2. The molecule has 1 amide bonds. The van der Waals surface area contributed by atoms with Crippen LogP contribution in [-0.2, 0) is 11.2 Å². The smallest absolute Gasteiger partial charge is 0.224 e. The number of nitrogens with zero attached hydrogens (tertiary/aromatic N) is 1. The molecular weight excluding hydrogens is 280 g/mol. The van der Waals surface area contributed by atoms with E-state index in [9.17, 15) is 4.79 Å². The number of carbonyl (C=O) groups is 1. The van der Waals surface area contributed by atoms with Crippen molar-refractivity contribution in [2.75, 3.05) is 12.4 Å². The third kappa shape index (κ3) is 3.09. The number of oxazole rings is 1. The minimum absolute atomic E-state index is 0.0475. The van der Waals surface area contributed by atoms with Crippen molar-refractivity contribution in [3.63, 3.8) is 0 Å². The molecule has 3 rings (SSSR count). The fraction of sp³-hybridized carbons (Fsp3) is 0.176. The van der Waals surface area contributed by atoms with Gasteiger partial charge in [0.05, 0.1) is 7.11 Å². The van der Waals surface area contributed by atoms with Gasteiger partial charge < -0.3 is 14.5 Å². The molecule has 0 unspecified atom stereocenters. The van der Waals surface area contributed by atoms with Gasteiger partial charge >= 0.3 is 0 Å². The SMILES string of the molecule is COc1ccccc1CCC(=O)Nc1ccc2ocnc2c1. The van der Waals surface area contributed by atoms with Crippen molar-refractivity contribution in [1.82, 2.24) is 4.98 Å². The lowest BCUT2D eigenvalue weighted by atomic mass is 10.1. The monoisotopic (exact) mass is 296 g/mol. The molecule has 112 valence electrons. The number of nitrogens with one attached hydrogen (secondary N) is 1. The van der Waals surface area contributed by atoms with Crippen LogP contribution >= 0.6 is 0 Å². The second kappa shape index (κ2) is 6.30. The van der Waals surface area contributed by atoms with E-state index in [0.29, 0.717) is 24.1 Å². The number of benzene rings is 2. The molecule has 0 spiro atoms. The van der Waals surface area contributed by atoms with Crippen molar-refractivity contribution in [1.29, 1.82) is 0 Å². The second-order valence-electron chi connectivity index (χ2n) is 4.89. The Bertz CT molecular complexity index is 795. The maximum atomic E-state index is 12.1. The molecule has 22 heavy (non-hydrogen) atoms. The third-order valence-corrected chi connectivity index (χ3v) is 3.43. The number of para-hydroxylation sites is 1. The van der Waals surface area contributed by atoms with Gasteiger partial charge in [-0.3, -0.25) is 4.79 Å². The van der Waals surface area contributed by atoms with Crippen molar-refractivity contribution in [2.24, 2.45) is 0 Å². The molecule has 1 heterocycles. The minimum Gasteiger partial charge on any atom is -0.496 e. The number of carbonyl (C=O) groups excluding carboxylic acids is 1. The van der Waals surface area contributed by atoms with Gasteiger partial charge in [-0.05, 0) is 36.2 Å². The molecule has 0 aliphatic heterocycles. The highest BCUT2D eigenvalue weighted by Gasteiger charge is 2.07. The Kier molecular flexibility index (Phi) is 4.05. The molecule has 0 atom stereocenters. The summed E-state index contributed by atoms with van der Waals surface area (Å²) in [5.74, 6) is 0.757. The lowest BCUT2D eigenvalue weighted by Gasteiger charge is -2.08. The van der Waals surface area contributed by atoms with Gasteiger partial charge in [0.15, 0.2) is 12.0 Å². The molecule has 0 radical (unpaired) electrons. The summed E-state index contributed by atoms with van der Waals surface area (Å²) in [7, 11) is 1.63. The second-order valence-corrected chi connectivity index (χ2v) is 4.89. The topological polar surface area (TPSA) is 64.4 Å². The van der Waals surface area contributed by atoms with Crippen molar-refractivity contribution >= 4 is 22.7 Å². The summed E-state index contributed by atoms with van der Waals surface area (Å²) in [6, 6.07) is 13.1. The largest absolute Gasteiger partial charge is 0.496 e. The minimum atomic E-state index is -0.0475. The lowest BCUT2D eigenvalue weighted by Crippen LogP contribution is -2.12. The van der Waals surface area contributed by atoms with Crippen LogP contribution in [0.3, 0.4) is 0 Å². The number of methoxy groups -OCH3 is 1. The van der Waals surface area contributed by atoms with Gasteiger partial charge in [-0.25, -0.2) is 4.98 Å². The first kappa shape index (κ1) is 14.1. The lowest BCUT2D eigenvalue weighted by molar-refractivity contribution is -0.116. The van der Waals surface area contributed by atoms with Gasteiger partial charge in [-0.15, -0.1) is 0 Å². The Hall–Kier alpha value is -2.82. The molecule has 5 nitrogen and oxygen atoms in total. The number of fused-ring (bicyclic) bond motifs is 1. The maximum Gasteiger partial charge on any atom is 0.224 e. The first-order valence-corrected chi connectivity index (χ1v) is 7.01. The van der Waals surface area contributed by atoms with Crippen molar-refractivity contribution in [3.05, 3.63) is 54.4 Å².